The molecule has 2 amide bonds. The Kier molecular flexibility index (Phi) is 6.99. The topological polar surface area (TPSA) is 79.2 Å². The minimum atomic E-state index is -0.519. The summed E-state index contributed by atoms with van der Waals surface area (Å²) in [7, 11) is 0. The Labute approximate surface area is 83.4 Å². The van der Waals surface area contributed by atoms with Crippen LogP contribution in [-0.4, -0.2) is 30.8 Å². The molecule has 0 fully saturated rings. The fraction of sp³-hybridized carbons (Fsp3) is 0.714. The zero-order valence-corrected chi connectivity index (χ0v) is 8.54. The zero-order chi connectivity index (χ0) is 10.1. The number of urea groups is 1. The summed E-state index contributed by atoms with van der Waals surface area (Å²) >= 11 is 4.93. The van der Waals surface area contributed by atoms with Crippen LogP contribution in [0, 0.1) is 0 Å². The summed E-state index contributed by atoms with van der Waals surface area (Å²) in [4.78, 5) is 10.3. The molecule has 0 saturated heterocycles. The molecule has 0 atom stereocenters. The van der Waals surface area contributed by atoms with Crippen molar-refractivity contribution in [2.75, 3.05) is 19.6 Å². The van der Waals surface area contributed by atoms with E-state index in [1.54, 1.807) is 0 Å². The second kappa shape index (κ2) is 7.60. The fourth-order valence-corrected chi connectivity index (χ4v) is 0.867. The van der Waals surface area contributed by atoms with Crippen molar-refractivity contribution in [3.63, 3.8) is 0 Å². The van der Waals surface area contributed by atoms with Crippen LogP contribution in [-0.2, 0) is 0 Å². The summed E-state index contributed by atoms with van der Waals surface area (Å²) in [5, 5.41) is 8.97. The lowest BCUT2D eigenvalue weighted by Crippen LogP contribution is -2.41. The lowest BCUT2D eigenvalue weighted by atomic mass is 10.5. The first-order valence-corrected chi connectivity index (χ1v) is 4.62. The molecule has 0 aromatic rings. The predicted octanol–water partition coefficient (Wildman–Crippen LogP) is -0.471. The van der Waals surface area contributed by atoms with E-state index in [-0.39, 0.29) is 0 Å². The first-order chi connectivity index (χ1) is 6.16. The fourth-order valence-electron chi connectivity index (χ4n) is 0.663. The van der Waals surface area contributed by atoms with Crippen molar-refractivity contribution in [3.8, 4) is 0 Å². The van der Waals surface area contributed by atoms with Gasteiger partial charge in [0.15, 0.2) is 5.11 Å². The van der Waals surface area contributed by atoms with Crippen molar-refractivity contribution in [2.24, 2.45) is 5.73 Å². The van der Waals surface area contributed by atoms with Crippen molar-refractivity contribution in [3.05, 3.63) is 0 Å². The summed E-state index contributed by atoms with van der Waals surface area (Å²) < 4.78 is 0. The van der Waals surface area contributed by atoms with Crippen molar-refractivity contribution < 1.29 is 4.79 Å². The maximum Gasteiger partial charge on any atom is 0.312 e. The molecule has 0 aliphatic rings. The Hall–Kier alpha value is -1.04. The van der Waals surface area contributed by atoms with E-state index in [1.165, 1.54) is 0 Å². The number of carbonyl (C=O) groups excluding carboxylic acids is 1. The highest BCUT2D eigenvalue weighted by Crippen LogP contribution is 1.71. The Morgan fingerprint density at radius 3 is 2.31 bits per heavy atom. The number of hydrogen-bond donors (Lipinski definition) is 4. The van der Waals surface area contributed by atoms with Crippen LogP contribution >= 0.6 is 12.2 Å². The van der Waals surface area contributed by atoms with E-state index in [2.05, 4.69) is 22.9 Å². The van der Waals surface area contributed by atoms with E-state index in [9.17, 15) is 4.79 Å². The van der Waals surface area contributed by atoms with Gasteiger partial charge in [0.1, 0.15) is 0 Å². The molecule has 0 radical (unpaired) electrons. The van der Waals surface area contributed by atoms with Gasteiger partial charge in [-0.3, -0.25) is 0 Å². The van der Waals surface area contributed by atoms with E-state index in [4.69, 9.17) is 18.0 Å². The number of primary amides is 1. The minimum Gasteiger partial charge on any atom is -0.363 e. The summed E-state index contributed by atoms with van der Waals surface area (Å²) in [6.45, 7) is 3.97. The predicted molar refractivity (Wildman–Crippen MR) is 56.5 cm³/mol. The number of nitrogens with one attached hydrogen (secondary N) is 3. The lowest BCUT2D eigenvalue weighted by molar-refractivity contribution is 0.249. The van der Waals surface area contributed by atoms with Crippen molar-refractivity contribution in [1.29, 1.82) is 0 Å². The highest BCUT2D eigenvalue weighted by atomic mass is 32.1. The normalized spacial score (nSPS) is 9.00. The van der Waals surface area contributed by atoms with Crippen LogP contribution < -0.4 is 21.7 Å². The van der Waals surface area contributed by atoms with E-state index < -0.39 is 6.03 Å². The number of rotatable bonds is 5. The van der Waals surface area contributed by atoms with Gasteiger partial charge in [0.05, 0.1) is 0 Å². The first kappa shape index (κ1) is 12.0. The maximum atomic E-state index is 10.3. The molecule has 0 unspecified atom stereocenters. The van der Waals surface area contributed by atoms with Gasteiger partial charge >= 0.3 is 6.03 Å². The molecule has 0 aliphatic carbocycles. The van der Waals surface area contributed by atoms with E-state index in [1.807, 2.05) is 0 Å². The Morgan fingerprint density at radius 1 is 1.23 bits per heavy atom. The Morgan fingerprint density at radius 2 is 1.77 bits per heavy atom. The maximum absolute atomic E-state index is 10.3. The van der Waals surface area contributed by atoms with Gasteiger partial charge in [0.2, 0.25) is 0 Å². The van der Waals surface area contributed by atoms with Crippen LogP contribution in [0.1, 0.15) is 13.3 Å². The van der Waals surface area contributed by atoms with Crippen LogP contribution in [0.25, 0.3) is 0 Å². The van der Waals surface area contributed by atoms with Crippen LogP contribution in [0.3, 0.4) is 0 Å². The van der Waals surface area contributed by atoms with Gasteiger partial charge in [-0.25, -0.2) is 4.79 Å². The van der Waals surface area contributed by atoms with Crippen molar-refractivity contribution in [1.82, 2.24) is 16.0 Å². The highest BCUT2D eigenvalue weighted by molar-refractivity contribution is 7.80. The molecular weight excluding hydrogens is 188 g/mol. The van der Waals surface area contributed by atoms with Crippen LogP contribution in [0.2, 0.25) is 0 Å². The Balaban J connectivity index is 3.22. The molecule has 6 heteroatoms. The number of hydrogen-bond acceptors (Lipinski definition) is 2. The average molecular weight is 204 g/mol. The minimum absolute atomic E-state index is 0.475. The van der Waals surface area contributed by atoms with E-state index in [0.29, 0.717) is 18.2 Å². The third-order valence-electron chi connectivity index (χ3n) is 1.25. The van der Waals surface area contributed by atoms with Gasteiger partial charge in [-0.05, 0) is 18.6 Å². The van der Waals surface area contributed by atoms with Gasteiger partial charge < -0.3 is 21.7 Å². The number of thiocarbonyl (C=S) groups is 1. The molecule has 0 heterocycles. The van der Waals surface area contributed by atoms with Crippen LogP contribution in [0.5, 0.6) is 0 Å². The smallest absolute Gasteiger partial charge is 0.312 e. The number of amides is 2. The van der Waals surface area contributed by atoms with E-state index >= 15 is 0 Å². The Bertz CT molecular complexity index is 174. The molecule has 0 bridgehead atoms. The van der Waals surface area contributed by atoms with Crippen molar-refractivity contribution in [2.45, 2.75) is 13.3 Å². The first-order valence-electron chi connectivity index (χ1n) is 4.21. The summed E-state index contributed by atoms with van der Waals surface area (Å²) in [6, 6.07) is -0.519. The van der Waals surface area contributed by atoms with Crippen molar-refractivity contribution >= 4 is 23.4 Å². The molecular formula is C7H16N4OS. The molecule has 0 aromatic heterocycles. The second-order valence-electron chi connectivity index (χ2n) is 2.47. The molecule has 0 aliphatic heterocycles. The lowest BCUT2D eigenvalue weighted by Gasteiger charge is -2.09. The molecule has 0 rings (SSSR count). The molecule has 0 aromatic carbocycles. The largest absolute Gasteiger partial charge is 0.363 e. The second-order valence-corrected chi connectivity index (χ2v) is 2.88. The molecule has 0 spiro atoms. The monoisotopic (exact) mass is 204 g/mol. The molecule has 13 heavy (non-hydrogen) atoms. The third-order valence-corrected chi connectivity index (χ3v) is 1.53. The van der Waals surface area contributed by atoms with Gasteiger partial charge in [-0.15, -0.1) is 0 Å². The van der Waals surface area contributed by atoms with Gasteiger partial charge in [0.25, 0.3) is 0 Å². The quantitative estimate of drug-likeness (QED) is 0.360. The average Bonchev–Trinajstić information content (AvgIpc) is 2.08. The number of nitrogens with two attached hydrogens (primary N) is 1. The molecule has 76 valence electrons. The van der Waals surface area contributed by atoms with Gasteiger partial charge in [-0.1, -0.05) is 6.92 Å². The van der Waals surface area contributed by atoms with Gasteiger partial charge in [-0.2, -0.15) is 0 Å². The summed E-state index contributed by atoms with van der Waals surface area (Å²) in [6.07, 6.45) is 1.03. The molecule has 5 N–H and O–H groups in total. The highest BCUT2D eigenvalue weighted by Gasteiger charge is 1.93. The third kappa shape index (κ3) is 8.87. The molecule has 0 saturated carbocycles. The van der Waals surface area contributed by atoms with Crippen LogP contribution in [0.15, 0.2) is 0 Å². The summed E-state index contributed by atoms with van der Waals surface area (Å²) in [5.74, 6) is 0. The SMILES string of the molecule is CCCNC(=S)NCCNC(N)=O. The standard InChI is InChI=1S/C7H16N4OS/c1-2-3-10-7(13)11-5-4-9-6(8)12/h2-5H2,1H3,(H3,8,9,12)(H2,10,11,13). The van der Waals surface area contributed by atoms with Crippen LogP contribution in [0.4, 0.5) is 4.79 Å². The zero-order valence-electron chi connectivity index (χ0n) is 7.72. The summed E-state index contributed by atoms with van der Waals surface area (Å²) in [5.41, 5.74) is 4.86. The molecule has 5 nitrogen and oxygen atoms in total. The van der Waals surface area contributed by atoms with E-state index in [0.717, 1.165) is 13.0 Å². The van der Waals surface area contributed by atoms with Gasteiger partial charge in [0, 0.05) is 19.6 Å². The number of carbonyl (C=O) groups is 1.